The third-order valence-electron chi connectivity index (χ3n) is 4.85. The van der Waals surface area contributed by atoms with Crippen molar-refractivity contribution in [2.45, 2.75) is 6.04 Å². The van der Waals surface area contributed by atoms with Crippen LogP contribution in [0, 0.1) is 0 Å². The molecule has 0 spiro atoms. The minimum atomic E-state index is -0.635. The molecule has 1 atom stereocenters. The molecule has 0 radical (unpaired) electrons. The number of nitrogens with one attached hydrogen (secondary N) is 2. The van der Waals surface area contributed by atoms with Gasteiger partial charge in [0.1, 0.15) is 5.82 Å². The molecule has 0 saturated heterocycles. The minimum Gasteiger partial charge on any atom is -0.327 e. The number of hydrogen-bond donors (Lipinski definition) is 2. The number of carbonyl (C=O) groups is 1. The first-order valence-corrected chi connectivity index (χ1v) is 8.50. The van der Waals surface area contributed by atoms with E-state index >= 15 is 0 Å². The highest BCUT2D eigenvalue weighted by Gasteiger charge is 2.31. The summed E-state index contributed by atoms with van der Waals surface area (Å²) in [6, 6.07) is 16.5. The van der Waals surface area contributed by atoms with Crippen molar-refractivity contribution in [2.24, 2.45) is 14.1 Å². The normalized spacial score (nSPS) is 15.6. The number of benzene rings is 2. The van der Waals surface area contributed by atoms with E-state index in [-0.39, 0.29) is 5.82 Å². The van der Waals surface area contributed by atoms with Gasteiger partial charge in [-0.15, -0.1) is 0 Å². The topological polar surface area (TPSA) is 85.1 Å². The predicted molar refractivity (Wildman–Crippen MR) is 103 cm³/mol. The molecule has 2 N–H and O–H groups in total. The fourth-order valence-electron chi connectivity index (χ4n) is 3.38. The smallest absolute Gasteiger partial charge is 0.327 e. The summed E-state index contributed by atoms with van der Waals surface area (Å²) >= 11 is 0. The fourth-order valence-corrected chi connectivity index (χ4v) is 3.38. The Morgan fingerprint density at radius 3 is 2.11 bits per heavy atom. The molecule has 0 fully saturated rings. The van der Waals surface area contributed by atoms with E-state index in [1.165, 1.54) is 18.7 Å². The van der Waals surface area contributed by atoms with E-state index in [1.807, 2.05) is 54.6 Å². The molecule has 0 saturated carbocycles. The molecule has 136 valence electrons. The van der Waals surface area contributed by atoms with Crippen LogP contribution in [0.3, 0.4) is 0 Å². The second kappa shape index (κ2) is 6.28. The van der Waals surface area contributed by atoms with Crippen LogP contribution in [0.15, 0.2) is 64.2 Å². The van der Waals surface area contributed by atoms with Crippen LogP contribution in [0.2, 0.25) is 0 Å². The van der Waals surface area contributed by atoms with Crippen LogP contribution in [0.1, 0.15) is 17.2 Å². The summed E-state index contributed by atoms with van der Waals surface area (Å²) in [6.45, 7) is 0. The monoisotopic (exact) mass is 362 g/mol. The first-order valence-electron chi connectivity index (χ1n) is 8.50. The Labute approximate surface area is 154 Å². The summed E-state index contributed by atoms with van der Waals surface area (Å²) in [5.41, 5.74) is 2.30. The third-order valence-corrected chi connectivity index (χ3v) is 4.85. The molecule has 0 aliphatic carbocycles. The summed E-state index contributed by atoms with van der Waals surface area (Å²) in [5.74, 6) is 0.226. The summed E-state index contributed by atoms with van der Waals surface area (Å²) in [5, 5.41) is 5.36. The Kier molecular flexibility index (Phi) is 3.92. The van der Waals surface area contributed by atoms with Gasteiger partial charge in [0.25, 0.3) is 5.56 Å². The third kappa shape index (κ3) is 2.73. The Morgan fingerprint density at radius 2 is 1.44 bits per heavy atom. The lowest BCUT2D eigenvalue weighted by molar-refractivity contribution is 0.248. The Balaban J connectivity index is 1.83. The standard InChI is InChI=1S/C20H18N4O3/c1-23-17-15(18(25)24(2)20(23)27)16(21-19(26)22-17)14-10-8-13(9-11-14)12-6-4-3-5-7-12/h3-11,16H,1-2H3,(H2,21,22,26). The molecule has 27 heavy (non-hydrogen) atoms. The van der Waals surface area contributed by atoms with Gasteiger partial charge in [-0.2, -0.15) is 0 Å². The number of amides is 2. The van der Waals surface area contributed by atoms with Gasteiger partial charge < -0.3 is 5.32 Å². The van der Waals surface area contributed by atoms with Crippen LogP contribution in [-0.2, 0) is 14.1 Å². The molecule has 1 aromatic heterocycles. The van der Waals surface area contributed by atoms with Gasteiger partial charge in [-0.25, -0.2) is 9.59 Å². The molecule has 3 aromatic rings. The van der Waals surface area contributed by atoms with E-state index in [0.29, 0.717) is 5.56 Å². The lowest BCUT2D eigenvalue weighted by atomic mass is 9.96. The van der Waals surface area contributed by atoms with Crippen LogP contribution < -0.4 is 21.9 Å². The second-order valence-electron chi connectivity index (χ2n) is 6.49. The van der Waals surface area contributed by atoms with E-state index in [4.69, 9.17) is 0 Å². The van der Waals surface area contributed by atoms with Crippen molar-refractivity contribution >= 4 is 11.8 Å². The lowest BCUT2D eigenvalue weighted by Gasteiger charge is -2.28. The zero-order valence-corrected chi connectivity index (χ0v) is 14.9. The lowest BCUT2D eigenvalue weighted by Crippen LogP contribution is -2.49. The molecule has 0 bridgehead atoms. The highest BCUT2D eigenvalue weighted by atomic mass is 16.2. The van der Waals surface area contributed by atoms with Crippen molar-refractivity contribution in [2.75, 3.05) is 5.32 Å². The highest BCUT2D eigenvalue weighted by Crippen LogP contribution is 2.29. The van der Waals surface area contributed by atoms with Gasteiger partial charge >= 0.3 is 11.7 Å². The molecule has 2 aromatic carbocycles. The molecular formula is C20H18N4O3. The summed E-state index contributed by atoms with van der Waals surface area (Å²) < 4.78 is 2.32. The van der Waals surface area contributed by atoms with Gasteiger partial charge in [-0.05, 0) is 16.7 Å². The van der Waals surface area contributed by atoms with Gasteiger partial charge in [-0.3, -0.25) is 19.2 Å². The number of aromatic nitrogens is 2. The predicted octanol–water partition coefficient (Wildman–Crippen LogP) is 1.98. The number of anilines is 1. The Hall–Kier alpha value is -3.61. The summed E-state index contributed by atoms with van der Waals surface area (Å²) in [6.07, 6.45) is 0. The maximum Gasteiger partial charge on any atom is 0.332 e. The molecule has 7 heteroatoms. The van der Waals surface area contributed by atoms with E-state index in [9.17, 15) is 14.4 Å². The number of urea groups is 1. The Bertz CT molecular complexity index is 1140. The summed E-state index contributed by atoms with van der Waals surface area (Å²) in [7, 11) is 2.96. The van der Waals surface area contributed by atoms with Crippen LogP contribution in [0.5, 0.6) is 0 Å². The average molecular weight is 362 g/mol. The van der Waals surface area contributed by atoms with E-state index in [0.717, 1.165) is 21.3 Å². The van der Waals surface area contributed by atoms with E-state index < -0.39 is 23.3 Å². The van der Waals surface area contributed by atoms with Crippen molar-refractivity contribution in [3.63, 3.8) is 0 Å². The maximum atomic E-state index is 12.7. The molecule has 4 rings (SSSR count). The highest BCUT2D eigenvalue weighted by molar-refractivity contribution is 5.92. The second-order valence-corrected chi connectivity index (χ2v) is 6.49. The van der Waals surface area contributed by atoms with E-state index in [2.05, 4.69) is 10.6 Å². The molecule has 1 aliphatic rings. The number of fused-ring (bicyclic) bond motifs is 1. The zero-order chi connectivity index (χ0) is 19.1. The molecule has 2 amide bonds. The maximum absolute atomic E-state index is 12.7. The van der Waals surface area contributed by atoms with Gasteiger partial charge in [0.2, 0.25) is 0 Å². The first kappa shape index (κ1) is 16.8. The zero-order valence-electron chi connectivity index (χ0n) is 14.9. The molecule has 1 aliphatic heterocycles. The van der Waals surface area contributed by atoms with Crippen LogP contribution >= 0.6 is 0 Å². The largest absolute Gasteiger partial charge is 0.332 e. The van der Waals surface area contributed by atoms with Crippen molar-refractivity contribution < 1.29 is 4.79 Å². The van der Waals surface area contributed by atoms with Gasteiger partial charge in [0.05, 0.1) is 11.6 Å². The van der Waals surface area contributed by atoms with Gasteiger partial charge in [0.15, 0.2) is 0 Å². The molecular weight excluding hydrogens is 344 g/mol. The van der Waals surface area contributed by atoms with E-state index in [1.54, 1.807) is 0 Å². The quantitative estimate of drug-likeness (QED) is 0.731. The number of rotatable bonds is 2. The van der Waals surface area contributed by atoms with Crippen molar-refractivity contribution in [3.05, 3.63) is 86.6 Å². The first-order chi connectivity index (χ1) is 13.0. The molecule has 1 unspecified atom stereocenters. The number of nitrogens with zero attached hydrogens (tertiary/aromatic N) is 2. The van der Waals surface area contributed by atoms with Crippen LogP contribution in [-0.4, -0.2) is 15.2 Å². The van der Waals surface area contributed by atoms with Crippen LogP contribution in [0.25, 0.3) is 11.1 Å². The molecule has 7 nitrogen and oxygen atoms in total. The van der Waals surface area contributed by atoms with Gasteiger partial charge in [-0.1, -0.05) is 54.6 Å². The minimum absolute atomic E-state index is 0.226. The van der Waals surface area contributed by atoms with Crippen molar-refractivity contribution in [1.82, 2.24) is 14.5 Å². The van der Waals surface area contributed by atoms with Crippen LogP contribution in [0.4, 0.5) is 10.6 Å². The van der Waals surface area contributed by atoms with Crippen molar-refractivity contribution in [3.8, 4) is 11.1 Å². The SMILES string of the molecule is Cn1c2c(c(=O)n(C)c1=O)C(c1ccc(-c3ccccc3)cc1)NC(=O)N2. The van der Waals surface area contributed by atoms with Gasteiger partial charge in [0, 0.05) is 14.1 Å². The average Bonchev–Trinajstić information content (AvgIpc) is 2.71. The number of carbonyl (C=O) groups excluding carboxylic acids is 1. The Morgan fingerprint density at radius 1 is 0.815 bits per heavy atom. The van der Waals surface area contributed by atoms with Crippen molar-refractivity contribution in [1.29, 1.82) is 0 Å². The molecule has 2 heterocycles. The number of hydrogen-bond acceptors (Lipinski definition) is 3. The fraction of sp³-hybridized carbons (Fsp3) is 0.150. The summed E-state index contributed by atoms with van der Waals surface area (Å²) in [4.78, 5) is 37.0.